The van der Waals surface area contributed by atoms with E-state index >= 15 is 0 Å². The SMILES string of the molecule is COc1c(C)c(Br)c2c(c1-c1c3c(c(Br)c(C)c1OC)CCCC3)CCCC2. The standard InChI is InChI=1S/C24H28Br2O2/c1-13-21(25)17-11-7-5-9-15(17)19(23(13)27-3)20-16-10-6-8-12-18(16)22(26)14(2)24(20)28-4/h5-12H2,1-4H3. The predicted octanol–water partition coefficient (Wildman–Crippen LogP) is 7.27. The smallest absolute Gasteiger partial charge is 0.131 e. The molecular formula is C24H28Br2O2. The third kappa shape index (κ3) is 3.02. The number of ether oxygens (including phenoxy) is 2. The Hall–Kier alpha value is -1.00. The van der Waals surface area contributed by atoms with Gasteiger partial charge in [0.2, 0.25) is 0 Å². The van der Waals surface area contributed by atoms with Gasteiger partial charge in [-0.2, -0.15) is 0 Å². The van der Waals surface area contributed by atoms with E-state index in [1.165, 1.54) is 79.1 Å². The molecule has 0 aromatic heterocycles. The van der Waals surface area contributed by atoms with Crippen LogP contribution in [-0.2, 0) is 25.7 Å². The van der Waals surface area contributed by atoms with E-state index in [-0.39, 0.29) is 0 Å². The van der Waals surface area contributed by atoms with Crippen LogP contribution in [0.1, 0.15) is 59.1 Å². The normalized spacial score (nSPS) is 15.8. The lowest BCUT2D eigenvalue weighted by atomic mass is 9.78. The number of hydrogen-bond acceptors (Lipinski definition) is 2. The fraction of sp³-hybridized carbons (Fsp3) is 0.500. The van der Waals surface area contributed by atoms with E-state index in [1.54, 1.807) is 14.2 Å². The molecule has 0 spiro atoms. The molecule has 2 aromatic rings. The van der Waals surface area contributed by atoms with Crippen LogP contribution in [-0.4, -0.2) is 14.2 Å². The molecule has 0 fully saturated rings. The zero-order valence-electron chi connectivity index (χ0n) is 17.2. The molecule has 2 aliphatic rings. The van der Waals surface area contributed by atoms with Gasteiger partial charge in [0, 0.05) is 31.2 Å². The maximum atomic E-state index is 6.04. The molecule has 0 bridgehead atoms. The maximum absolute atomic E-state index is 6.04. The summed E-state index contributed by atoms with van der Waals surface area (Å²) in [6, 6.07) is 0. The van der Waals surface area contributed by atoms with Crippen molar-refractivity contribution >= 4 is 31.9 Å². The van der Waals surface area contributed by atoms with E-state index in [2.05, 4.69) is 45.7 Å². The monoisotopic (exact) mass is 506 g/mol. The van der Waals surface area contributed by atoms with Crippen molar-refractivity contribution in [2.45, 2.75) is 65.2 Å². The van der Waals surface area contributed by atoms with E-state index in [9.17, 15) is 0 Å². The topological polar surface area (TPSA) is 18.5 Å². The summed E-state index contributed by atoms with van der Waals surface area (Å²) in [5.74, 6) is 2.00. The second-order valence-electron chi connectivity index (χ2n) is 8.02. The largest absolute Gasteiger partial charge is 0.496 e. The number of hydrogen-bond donors (Lipinski definition) is 0. The summed E-state index contributed by atoms with van der Waals surface area (Å²) in [5.41, 5.74) is 10.8. The van der Waals surface area contributed by atoms with Crippen molar-refractivity contribution < 1.29 is 9.47 Å². The minimum Gasteiger partial charge on any atom is -0.496 e. The first-order chi connectivity index (χ1) is 13.5. The molecule has 0 unspecified atom stereocenters. The van der Waals surface area contributed by atoms with Crippen molar-refractivity contribution in [2.75, 3.05) is 14.2 Å². The van der Waals surface area contributed by atoms with Crippen LogP contribution < -0.4 is 9.47 Å². The maximum Gasteiger partial charge on any atom is 0.131 e. The molecule has 0 amide bonds. The molecule has 4 heteroatoms. The van der Waals surface area contributed by atoms with Gasteiger partial charge in [-0.15, -0.1) is 0 Å². The van der Waals surface area contributed by atoms with Crippen molar-refractivity contribution in [2.24, 2.45) is 0 Å². The number of rotatable bonds is 3. The Morgan fingerprint density at radius 3 is 1.21 bits per heavy atom. The fourth-order valence-corrected chi connectivity index (χ4v) is 6.42. The third-order valence-electron chi connectivity index (χ3n) is 6.52. The molecule has 4 rings (SSSR count). The van der Waals surface area contributed by atoms with Crippen LogP contribution in [0.4, 0.5) is 0 Å². The number of methoxy groups -OCH3 is 2. The van der Waals surface area contributed by atoms with E-state index in [0.29, 0.717) is 0 Å². The molecule has 0 saturated heterocycles. The Bertz CT molecular complexity index is 870. The summed E-state index contributed by atoms with van der Waals surface area (Å²) >= 11 is 7.76. The summed E-state index contributed by atoms with van der Waals surface area (Å²) in [5, 5.41) is 0. The van der Waals surface area contributed by atoms with Crippen molar-refractivity contribution in [1.29, 1.82) is 0 Å². The van der Waals surface area contributed by atoms with Crippen molar-refractivity contribution in [3.05, 3.63) is 42.3 Å². The highest BCUT2D eigenvalue weighted by Crippen LogP contribution is 2.52. The van der Waals surface area contributed by atoms with E-state index in [1.807, 2.05) is 0 Å². The summed E-state index contributed by atoms with van der Waals surface area (Å²) in [6.45, 7) is 4.35. The van der Waals surface area contributed by atoms with Gasteiger partial charge in [-0.1, -0.05) is 31.9 Å². The average Bonchev–Trinajstić information content (AvgIpc) is 2.73. The molecular weight excluding hydrogens is 480 g/mol. The van der Waals surface area contributed by atoms with Crippen molar-refractivity contribution in [3.63, 3.8) is 0 Å². The fourth-order valence-electron chi connectivity index (χ4n) is 5.19. The molecule has 0 N–H and O–H groups in total. The van der Waals surface area contributed by atoms with Crippen molar-refractivity contribution in [1.82, 2.24) is 0 Å². The van der Waals surface area contributed by atoms with Gasteiger partial charge in [-0.25, -0.2) is 0 Å². The van der Waals surface area contributed by atoms with Gasteiger partial charge >= 0.3 is 0 Å². The van der Waals surface area contributed by atoms with Gasteiger partial charge < -0.3 is 9.47 Å². The molecule has 150 valence electrons. The summed E-state index contributed by atoms with van der Waals surface area (Å²) in [6.07, 6.45) is 9.45. The molecule has 28 heavy (non-hydrogen) atoms. The van der Waals surface area contributed by atoms with Crippen LogP contribution in [0, 0.1) is 13.8 Å². The van der Waals surface area contributed by atoms with Gasteiger partial charge in [0.05, 0.1) is 14.2 Å². The predicted molar refractivity (Wildman–Crippen MR) is 123 cm³/mol. The van der Waals surface area contributed by atoms with Crippen molar-refractivity contribution in [3.8, 4) is 22.6 Å². The van der Waals surface area contributed by atoms with Gasteiger partial charge in [0.15, 0.2) is 0 Å². The second kappa shape index (κ2) is 8.02. The lowest BCUT2D eigenvalue weighted by Gasteiger charge is -2.30. The molecule has 2 aliphatic carbocycles. The van der Waals surface area contributed by atoms with Crippen LogP contribution in [0.25, 0.3) is 11.1 Å². The average molecular weight is 508 g/mol. The minimum absolute atomic E-state index is 1.00. The molecule has 0 aliphatic heterocycles. The molecule has 0 heterocycles. The highest BCUT2D eigenvalue weighted by atomic mass is 79.9. The first kappa shape index (κ1) is 20.3. The lowest BCUT2D eigenvalue weighted by molar-refractivity contribution is 0.405. The molecule has 0 radical (unpaired) electrons. The highest BCUT2D eigenvalue weighted by Gasteiger charge is 2.31. The van der Waals surface area contributed by atoms with E-state index < -0.39 is 0 Å². The van der Waals surface area contributed by atoms with E-state index in [4.69, 9.17) is 9.47 Å². The summed E-state index contributed by atoms with van der Waals surface area (Å²) < 4.78 is 14.5. The Morgan fingerprint density at radius 1 is 0.571 bits per heavy atom. The van der Waals surface area contributed by atoms with Crippen LogP contribution in [0.5, 0.6) is 11.5 Å². The highest BCUT2D eigenvalue weighted by molar-refractivity contribution is 9.10. The first-order valence-electron chi connectivity index (χ1n) is 10.3. The van der Waals surface area contributed by atoms with Gasteiger partial charge in [-0.05, 0) is 87.5 Å². The summed E-state index contributed by atoms with van der Waals surface area (Å²) in [7, 11) is 3.61. The number of halogens is 2. The Labute approximate surface area is 185 Å². The Balaban J connectivity index is 2.16. The molecule has 0 saturated carbocycles. The molecule has 2 aromatic carbocycles. The third-order valence-corrected chi connectivity index (χ3v) is 8.67. The van der Waals surface area contributed by atoms with Gasteiger partial charge in [0.1, 0.15) is 11.5 Å². The summed E-state index contributed by atoms with van der Waals surface area (Å²) in [4.78, 5) is 0. The van der Waals surface area contributed by atoms with Crippen LogP contribution in [0.15, 0.2) is 8.95 Å². The van der Waals surface area contributed by atoms with Gasteiger partial charge in [0.25, 0.3) is 0 Å². The lowest BCUT2D eigenvalue weighted by Crippen LogP contribution is -2.13. The molecule has 2 nitrogen and oxygen atoms in total. The zero-order chi connectivity index (χ0) is 20.0. The minimum atomic E-state index is 1.00. The van der Waals surface area contributed by atoms with Crippen LogP contribution in [0.3, 0.4) is 0 Å². The van der Waals surface area contributed by atoms with E-state index in [0.717, 1.165) is 37.2 Å². The quantitative estimate of drug-likeness (QED) is 0.434. The van der Waals surface area contributed by atoms with Gasteiger partial charge in [-0.3, -0.25) is 0 Å². The van der Waals surface area contributed by atoms with Crippen LogP contribution >= 0.6 is 31.9 Å². The van der Waals surface area contributed by atoms with Crippen LogP contribution in [0.2, 0.25) is 0 Å². The number of benzene rings is 2. The Morgan fingerprint density at radius 2 is 0.893 bits per heavy atom. The molecule has 0 atom stereocenters. The zero-order valence-corrected chi connectivity index (χ0v) is 20.4. The number of fused-ring (bicyclic) bond motifs is 2. The Kier molecular flexibility index (Phi) is 5.81. The second-order valence-corrected chi connectivity index (χ2v) is 9.61. The first-order valence-corrected chi connectivity index (χ1v) is 11.9.